The van der Waals surface area contributed by atoms with Gasteiger partial charge in [-0.15, -0.1) is 0 Å². The molecule has 0 spiro atoms. The Morgan fingerprint density at radius 2 is 1.68 bits per heavy atom. The molecule has 0 heterocycles. The van der Waals surface area contributed by atoms with Crippen LogP contribution in [0.1, 0.15) is 19.4 Å². The maximum atomic E-state index is 13.0. The molecule has 0 aromatic heterocycles. The molecule has 0 aliphatic rings. The molecule has 0 fully saturated rings. The Bertz CT molecular complexity index is 717. The van der Waals surface area contributed by atoms with Crippen LogP contribution in [0, 0.1) is 11.7 Å². The number of nitrogens with one attached hydrogen (secondary N) is 1. The van der Waals surface area contributed by atoms with Gasteiger partial charge >= 0.3 is 12.0 Å². The van der Waals surface area contributed by atoms with Crippen LogP contribution < -0.4 is 5.32 Å². The van der Waals surface area contributed by atoms with Gasteiger partial charge in [-0.3, -0.25) is 0 Å². The van der Waals surface area contributed by atoms with Crippen LogP contribution in [0.5, 0.6) is 0 Å². The van der Waals surface area contributed by atoms with Crippen LogP contribution in [0.3, 0.4) is 0 Å². The van der Waals surface area contributed by atoms with E-state index in [0.29, 0.717) is 5.69 Å². The Balaban J connectivity index is 2.27. The highest BCUT2D eigenvalue weighted by Gasteiger charge is 2.32. The van der Waals surface area contributed by atoms with E-state index >= 15 is 0 Å². The number of carboxylic acids is 1. The summed E-state index contributed by atoms with van der Waals surface area (Å²) in [5.74, 6) is -1.76. The molecule has 2 N–H and O–H groups in total. The number of carbonyl (C=O) groups is 2. The van der Waals surface area contributed by atoms with E-state index in [1.807, 2.05) is 30.3 Å². The Morgan fingerprint density at radius 1 is 1.08 bits per heavy atom. The van der Waals surface area contributed by atoms with Gasteiger partial charge in [-0.25, -0.2) is 14.0 Å². The molecule has 2 aromatic rings. The number of hydrogen-bond donors (Lipinski definition) is 2. The molecular formula is C19H21FN2O3. The molecule has 0 aliphatic heterocycles. The zero-order chi connectivity index (χ0) is 18.4. The fraction of sp³-hybridized carbons (Fsp3) is 0.263. The smallest absolute Gasteiger partial charge is 0.326 e. The highest BCUT2D eigenvalue weighted by molar-refractivity contribution is 5.92. The van der Waals surface area contributed by atoms with Crippen LogP contribution in [-0.2, 0) is 11.3 Å². The van der Waals surface area contributed by atoms with Gasteiger partial charge in [0.1, 0.15) is 11.9 Å². The summed E-state index contributed by atoms with van der Waals surface area (Å²) < 4.78 is 13.0. The average molecular weight is 344 g/mol. The number of nitrogens with zero attached hydrogens (tertiary/aromatic N) is 1. The number of hydrogen-bond acceptors (Lipinski definition) is 2. The number of anilines is 1. The third kappa shape index (κ3) is 5.04. The molecule has 5 nitrogen and oxygen atoms in total. The number of carbonyl (C=O) groups excluding carboxylic acids is 1. The van der Waals surface area contributed by atoms with Crippen molar-refractivity contribution in [1.29, 1.82) is 0 Å². The van der Waals surface area contributed by atoms with E-state index in [0.717, 1.165) is 5.56 Å². The van der Waals surface area contributed by atoms with Gasteiger partial charge in [-0.2, -0.15) is 0 Å². The Hall–Kier alpha value is -2.89. The second-order valence-electron chi connectivity index (χ2n) is 6.08. The van der Waals surface area contributed by atoms with E-state index in [4.69, 9.17) is 0 Å². The Kier molecular flexibility index (Phi) is 6.11. The molecule has 2 amide bonds. The predicted octanol–water partition coefficient (Wildman–Crippen LogP) is 3.97. The summed E-state index contributed by atoms with van der Waals surface area (Å²) in [6.07, 6.45) is 0. The van der Waals surface area contributed by atoms with Crippen LogP contribution in [0.15, 0.2) is 54.6 Å². The first-order valence-corrected chi connectivity index (χ1v) is 7.98. The normalized spacial score (nSPS) is 11.8. The lowest BCUT2D eigenvalue weighted by molar-refractivity contribution is -0.143. The molecule has 132 valence electrons. The van der Waals surface area contributed by atoms with E-state index in [1.54, 1.807) is 13.8 Å². The molecular weight excluding hydrogens is 323 g/mol. The van der Waals surface area contributed by atoms with E-state index < -0.39 is 23.9 Å². The maximum Gasteiger partial charge on any atom is 0.326 e. The Morgan fingerprint density at radius 3 is 2.20 bits per heavy atom. The largest absolute Gasteiger partial charge is 0.480 e. The third-order valence-electron chi connectivity index (χ3n) is 3.77. The van der Waals surface area contributed by atoms with E-state index in [1.165, 1.54) is 29.2 Å². The van der Waals surface area contributed by atoms with Gasteiger partial charge in [0.05, 0.1) is 0 Å². The van der Waals surface area contributed by atoms with Crippen molar-refractivity contribution in [3.05, 3.63) is 66.0 Å². The second kappa shape index (κ2) is 8.28. The molecule has 0 saturated carbocycles. The first-order valence-electron chi connectivity index (χ1n) is 7.98. The molecule has 25 heavy (non-hydrogen) atoms. The van der Waals surface area contributed by atoms with Crippen molar-refractivity contribution in [2.75, 3.05) is 5.32 Å². The standard InChI is InChI=1S/C19H21FN2O3/c1-13(2)17(18(23)24)22(12-14-6-4-3-5-7-14)19(25)21-16-10-8-15(20)9-11-16/h3-11,13,17H,12H2,1-2H3,(H,21,25)(H,23,24)/t17-/m0/s1. The number of amides is 2. The lowest BCUT2D eigenvalue weighted by Crippen LogP contribution is -2.49. The first-order chi connectivity index (χ1) is 11.9. The Labute approximate surface area is 146 Å². The fourth-order valence-corrected chi connectivity index (χ4v) is 2.58. The molecule has 2 aromatic carbocycles. The summed E-state index contributed by atoms with van der Waals surface area (Å²) in [6, 6.07) is 13.0. The minimum Gasteiger partial charge on any atom is -0.480 e. The molecule has 0 radical (unpaired) electrons. The minimum absolute atomic E-state index is 0.156. The molecule has 6 heteroatoms. The fourth-order valence-electron chi connectivity index (χ4n) is 2.58. The van der Waals surface area contributed by atoms with Crippen LogP contribution >= 0.6 is 0 Å². The van der Waals surface area contributed by atoms with Crippen LogP contribution in [0.25, 0.3) is 0 Å². The maximum absolute atomic E-state index is 13.0. The number of halogens is 1. The SMILES string of the molecule is CC(C)[C@@H](C(=O)O)N(Cc1ccccc1)C(=O)Nc1ccc(F)cc1. The lowest BCUT2D eigenvalue weighted by atomic mass is 10.0. The number of carboxylic acid groups (broad SMARTS) is 1. The van der Waals surface area contributed by atoms with Crippen LogP contribution in [0.4, 0.5) is 14.9 Å². The van der Waals surface area contributed by atoms with Crippen molar-refractivity contribution in [2.45, 2.75) is 26.4 Å². The van der Waals surface area contributed by atoms with Crippen molar-refractivity contribution in [1.82, 2.24) is 4.90 Å². The third-order valence-corrected chi connectivity index (χ3v) is 3.77. The van der Waals surface area contributed by atoms with Gasteiger partial charge in [0.15, 0.2) is 0 Å². The van der Waals surface area contributed by atoms with Gasteiger partial charge in [-0.05, 0) is 35.7 Å². The topological polar surface area (TPSA) is 69.6 Å². The minimum atomic E-state index is -1.07. The quantitative estimate of drug-likeness (QED) is 0.833. The van der Waals surface area contributed by atoms with Crippen molar-refractivity contribution in [3.8, 4) is 0 Å². The van der Waals surface area contributed by atoms with Crippen molar-refractivity contribution < 1.29 is 19.1 Å². The van der Waals surface area contributed by atoms with Gasteiger partial charge in [0, 0.05) is 12.2 Å². The van der Waals surface area contributed by atoms with Gasteiger partial charge in [-0.1, -0.05) is 44.2 Å². The summed E-state index contributed by atoms with van der Waals surface area (Å²) >= 11 is 0. The molecule has 0 unspecified atom stereocenters. The van der Waals surface area contributed by atoms with Gasteiger partial charge in [0.2, 0.25) is 0 Å². The zero-order valence-electron chi connectivity index (χ0n) is 14.1. The summed E-state index contributed by atoms with van der Waals surface area (Å²) in [7, 11) is 0. The van der Waals surface area contributed by atoms with E-state index in [-0.39, 0.29) is 12.5 Å². The average Bonchev–Trinajstić information content (AvgIpc) is 2.56. The van der Waals surface area contributed by atoms with Crippen LogP contribution in [-0.4, -0.2) is 28.0 Å². The second-order valence-corrected chi connectivity index (χ2v) is 6.08. The lowest BCUT2D eigenvalue weighted by Gasteiger charge is -2.31. The molecule has 0 aliphatic carbocycles. The highest BCUT2D eigenvalue weighted by Crippen LogP contribution is 2.18. The monoisotopic (exact) mass is 344 g/mol. The molecule has 0 bridgehead atoms. The molecule has 0 saturated heterocycles. The first kappa shape index (κ1) is 18.4. The van der Waals surface area contributed by atoms with E-state index in [2.05, 4.69) is 5.32 Å². The van der Waals surface area contributed by atoms with Crippen LogP contribution in [0.2, 0.25) is 0 Å². The highest BCUT2D eigenvalue weighted by atomic mass is 19.1. The van der Waals surface area contributed by atoms with Crippen molar-refractivity contribution >= 4 is 17.7 Å². The summed E-state index contributed by atoms with van der Waals surface area (Å²) in [5.41, 5.74) is 1.22. The summed E-state index contributed by atoms with van der Waals surface area (Å²) in [6.45, 7) is 3.66. The van der Waals surface area contributed by atoms with Crippen molar-refractivity contribution in [2.24, 2.45) is 5.92 Å². The number of benzene rings is 2. The number of aliphatic carboxylic acids is 1. The number of rotatable bonds is 6. The molecule has 2 rings (SSSR count). The summed E-state index contributed by atoms with van der Waals surface area (Å²) in [5, 5.41) is 12.2. The molecule has 1 atom stereocenters. The van der Waals surface area contributed by atoms with E-state index in [9.17, 15) is 19.1 Å². The van der Waals surface area contributed by atoms with Crippen molar-refractivity contribution in [3.63, 3.8) is 0 Å². The van der Waals surface area contributed by atoms with Gasteiger partial charge < -0.3 is 15.3 Å². The van der Waals surface area contributed by atoms with Gasteiger partial charge in [0.25, 0.3) is 0 Å². The zero-order valence-corrected chi connectivity index (χ0v) is 14.1. The summed E-state index contributed by atoms with van der Waals surface area (Å²) in [4.78, 5) is 25.7. The number of urea groups is 1. The predicted molar refractivity (Wildman–Crippen MR) is 93.7 cm³/mol.